The third-order valence-electron chi connectivity index (χ3n) is 3.20. The third-order valence-corrected chi connectivity index (χ3v) is 3.73. The van der Waals surface area contributed by atoms with Crippen LogP contribution in [0.4, 0.5) is 0 Å². The third kappa shape index (κ3) is 3.54. The van der Waals surface area contributed by atoms with Gasteiger partial charge < -0.3 is 14.6 Å². The van der Waals surface area contributed by atoms with E-state index in [1.807, 2.05) is 0 Å². The van der Waals surface area contributed by atoms with Crippen molar-refractivity contribution in [1.29, 1.82) is 0 Å². The molecule has 4 nitrogen and oxygen atoms in total. The fraction of sp³-hybridized carbons (Fsp3) is 0.462. The van der Waals surface area contributed by atoms with Gasteiger partial charge in [-0.1, -0.05) is 28.1 Å². The predicted molar refractivity (Wildman–Crippen MR) is 71.6 cm³/mol. The lowest BCUT2D eigenvalue weighted by atomic mass is 9.74. The molecule has 100 valence electrons. The quantitative estimate of drug-likeness (QED) is 0.688. The van der Waals surface area contributed by atoms with E-state index in [-0.39, 0.29) is 12.3 Å². The van der Waals surface area contributed by atoms with E-state index in [0.29, 0.717) is 5.92 Å². The van der Waals surface area contributed by atoms with Gasteiger partial charge in [0.15, 0.2) is 5.79 Å². The van der Waals surface area contributed by atoms with E-state index in [1.165, 1.54) is 5.56 Å². The van der Waals surface area contributed by atoms with Crippen molar-refractivity contribution in [2.75, 3.05) is 14.2 Å². The number of halogens is 1. The first-order valence-corrected chi connectivity index (χ1v) is 6.33. The lowest BCUT2D eigenvalue weighted by molar-refractivity contribution is -0.257. The average Bonchev–Trinajstić information content (AvgIpc) is 2.32. The van der Waals surface area contributed by atoms with E-state index >= 15 is 0 Å². The Labute approximate surface area is 115 Å². The van der Waals surface area contributed by atoms with Crippen molar-refractivity contribution in [1.82, 2.24) is 0 Å². The van der Waals surface area contributed by atoms with Crippen LogP contribution in [0.15, 0.2) is 28.7 Å². The molecule has 0 saturated heterocycles. The fourth-order valence-corrected chi connectivity index (χ4v) is 2.34. The zero-order chi connectivity index (χ0) is 13.6. The van der Waals surface area contributed by atoms with E-state index in [4.69, 9.17) is 19.4 Å². The summed E-state index contributed by atoms with van der Waals surface area (Å²) in [5.41, 5.74) is 1.36. The Morgan fingerprint density at radius 2 is 1.72 bits per heavy atom. The molecule has 1 saturated carbocycles. The number of carbonyl (C=O) groups is 1. The summed E-state index contributed by atoms with van der Waals surface area (Å²) in [6, 6.07) is 8.47. The highest BCUT2D eigenvalue weighted by Gasteiger charge is 2.45. The van der Waals surface area contributed by atoms with Crippen molar-refractivity contribution >= 4 is 22.4 Å². The summed E-state index contributed by atoms with van der Waals surface area (Å²) in [5.74, 6) is 0.232. The number of methoxy groups -OCH3 is 2. The molecule has 1 aromatic rings. The molecule has 1 aliphatic carbocycles. The summed E-state index contributed by atoms with van der Waals surface area (Å²) < 4.78 is 11.9. The molecule has 0 bridgehead atoms. The Bertz CT molecular complexity index is 365. The van der Waals surface area contributed by atoms with Gasteiger partial charge in [-0.25, -0.2) is 0 Å². The van der Waals surface area contributed by atoms with Gasteiger partial charge in [0.1, 0.15) is 0 Å². The van der Waals surface area contributed by atoms with Crippen LogP contribution in [0.25, 0.3) is 0 Å². The van der Waals surface area contributed by atoms with Gasteiger partial charge in [0, 0.05) is 31.5 Å². The molecule has 5 heteroatoms. The van der Waals surface area contributed by atoms with Gasteiger partial charge in [-0.2, -0.15) is 0 Å². The molecular formula is C13H17BrO4. The highest BCUT2D eigenvalue weighted by molar-refractivity contribution is 9.10. The summed E-state index contributed by atoms with van der Waals surface area (Å²) in [5, 5.41) is 6.89. The first-order valence-electron chi connectivity index (χ1n) is 5.54. The minimum absolute atomic E-state index is 0.250. The maximum Gasteiger partial charge on any atom is 0.290 e. The molecule has 1 aromatic carbocycles. The Kier molecular flexibility index (Phi) is 5.78. The zero-order valence-corrected chi connectivity index (χ0v) is 12.0. The lowest BCUT2D eigenvalue weighted by Crippen LogP contribution is -2.45. The van der Waals surface area contributed by atoms with Gasteiger partial charge in [-0.3, -0.25) is 4.79 Å². The lowest BCUT2D eigenvalue weighted by Gasteiger charge is -2.45. The predicted octanol–water partition coefficient (Wildman–Crippen LogP) is 3.02. The number of hydrogen-bond acceptors (Lipinski definition) is 3. The Morgan fingerprint density at radius 1 is 1.28 bits per heavy atom. The zero-order valence-electron chi connectivity index (χ0n) is 10.4. The summed E-state index contributed by atoms with van der Waals surface area (Å²) >= 11 is 3.43. The normalized spacial score (nSPS) is 17.3. The van der Waals surface area contributed by atoms with Gasteiger partial charge >= 0.3 is 0 Å². The number of rotatable bonds is 3. The van der Waals surface area contributed by atoms with Crippen LogP contribution in [0.2, 0.25) is 0 Å². The van der Waals surface area contributed by atoms with Gasteiger partial charge in [0.25, 0.3) is 6.47 Å². The summed E-state index contributed by atoms with van der Waals surface area (Å²) in [4.78, 5) is 8.36. The number of benzene rings is 1. The van der Waals surface area contributed by atoms with Crippen molar-refractivity contribution in [2.45, 2.75) is 24.5 Å². The van der Waals surface area contributed by atoms with Crippen molar-refractivity contribution < 1.29 is 19.4 Å². The number of ether oxygens (including phenoxy) is 2. The van der Waals surface area contributed by atoms with E-state index in [0.717, 1.165) is 17.3 Å². The number of carboxylic acid groups (broad SMARTS) is 1. The largest absolute Gasteiger partial charge is 0.483 e. The van der Waals surface area contributed by atoms with Crippen molar-refractivity contribution in [2.24, 2.45) is 0 Å². The van der Waals surface area contributed by atoms with Crippen LogP contribution >= 0.6 is 15.9 Å². The average molecular weight is 317 g/mol. The molecule has 0 spiro atoms. The molecule has 1 N–H and O–H groups in total. The minimum atomic E-state index is -0.336. The molecule has 0 heterocycles. The van der Waals surface area contributed by atoms with Crippen LogP contribution in [-0.4, -0.2) is 31.6 Å². The molecule has 0 atom stereocenters. The van der Waals surface area contributed by atoms with Crippen molar-refractivity contribution in [3.63, 3.8) is 0 Å². The molecule has 0 aromatic heterocycles. The second-order valence-corrected chi connectivity index (χ2v) is 5.00. The SMILES string of the molecule is COC1(OC)CC(c2ccc(Br)cc2)C1.O=CO. The molecule has 0 amide bonds. The maximum atomic E-state index is 8.36. The smallest absolute Gasteiger partial charge is 0.290 e. The first kappa shape index (κ1) is 15.1. The molecule has 0 radical (unpaired) electrons. The van der Waals surface area contributed by atoms with Crippen LogP contribution < -0.4 is 0 Å². The summed E-state index contributed by atoms with van der Waals surface area (Å²) in [7, 11) is 3.42. The highest BCUT2D eigenvalue weighted by atomic mass is 79.9. The van der Waals surface area contributed by atoms with Gasteiger partial charge in [0.05, 0.1) is 0 Å². The monoisotopic (exact) mass is 316 g/mol. The highest BCUT2D eigenvalue weighted by Crippen LogP contribution is 2.47. The first-order chi connectivity index (χ1) is 8.60. The maximum absolute atomic E-state index is 8.36. The van der Waals surface area contributed by atoms with Crippen molar-refractivity contribution in [3.05, 3.63) is 34.3 Å². The molecule has 2 rings (SSSR count). The Morgan fingerprint density at radius 3 is 2.11 bits per heavy atom. The van der Waals surface area contributed by atoms with Crippen LogP contribution in [0.5, 0.6) is 0 Å². The summed E-state index contributed by atoms with van der Waals surface area (Å²) in [6.45, 7) is -0.250. The van der Waals surface area contributed by atoms with Crippen LogP contribution in [0.3, 0.4) is 0 Å². The molecule has 1 fully saturated rings. The summed E-state index contributed by atoms with van der Waals surface area (Å²) in [6.07, 6.45) is 1.89. The second-order valence-electron chi connectivity index (χ2n) is 4.08. The van der Waals surface area contributed by atoms with E-state index < -0.39 is 0 Å². The standard InChI is InChI=1S/C12H15BrO2.CH2O2/c1-14-12(15-2)7-10(8-12)9-3-5-11(13)6-4-9;2-1-3/h3-6,10H,7-8H2,1-2H3;1H,(H,2,3). The molecular weight excluding hydrogens is 300 g/mol. The molecule has 0 unspecified atom stereocenters. The van der Waals surface area contributed by atoms with Gasteiger partial charge in [0.2, 0.25) is 0 Å². The fourth-order valence-electron chi connectivity index (χ4n) is 2.08. The van der Waals surface area contributed by atoms with Crippen molar-refractivity contribution in [3.8, 4) is 0 Å². The van der Waals surface area contributed by atoms with Crippen LogP contribution in [0.1, 0.15) is 24.3 Å². The Hall–Kier alpha value is -0.910. The van der Waals surface area contributed by atoms with Gasteiger partial charge in [-0.05, 0) is 23.6 Å². The second kappa shape index (κ2) is 6.87. The van der Waals surface area contributed by atoms with Crippen LogP contribution in [0, 0.1) is 0 Å². The topological polar surface area (TPSA) is 55.8 Å². The molecule has 18 heavy (non-hydrogen) atoms. The van der Waals surface area contributed by atoms with Crippen LogP contribution in [-0.2, 0) is 14.3 Å². The molecule has 1 aliphatic rings. The van der Waals surface area contributed by atoms with Gasteiger partial charge in [-0.15, -0.1) is 0 Å². The Balaban J connectivity index is 0.000000492. The minimum Gasteiger partial charge on any atom is -0.483 e. The van der Waals surface area contributed by atoms with E-state index in [9.17, 15) is 0 Å². The van der Waals surface area contributed by atoms with E-state index in [1.54, 1.807) is 14.2 Å². The molecule has 0 aliphatic heterocycles. The van der Waals surface area contributed by atoms with E-state index in [2.05, 4.69) is 40.2 Å². The number of hydrogen-bond donors (Lipinski definition) is 1.